The third-order valence-electron chi connectivity index (χ3n) is 5.25. The predicted molar refractivity (Wildman–Crippen MR) is 124 cm³/mol. The van der Waals surface area contributed by atoms with Crippen molar-refractivity contribution in [2.24, 2.45) is 0 Å². The van der Waals surface area contributed by atoms with Crippen LogP contribution in [0.5, 0.6) is 0 Å². The smallest absolute Gasteiger partial charge is 0.408 e. The summed E-state index contributed by atoms with van der Waals surface area (Å²) in [6, 6.07) is 6.28. The summed E-state index contributed by atoms with van der Waals surface area (Å²) in [6.07, 6.45) is -0.270. The highest BCUT2D eigenvalue weighted by Crippen LogP contribution is 2.27. The SMILES string of the molecule is COC(=O)[C@@H]1CC[C@@H](CC=O)N1C(=O)[C@H](CNC(=O)OCc1ccccc1)NC(=O)OC(C)(C)C. The summed E-state index contributed by atoms with van der Waals surface area (Å²) in [5.74, 6) is -1.28. The molecule has 35 heavy (non-hydrogen) atoms. The monoisotopic (exact) mass is 491 g/mol. The number of methoxy groups -OCH3 is 1. The number of benzene rings is 1. The number of hydrogen-bond donors (Lipinski definition) is 2. The highest BCUT2D eigenvalue weighted by Gasteiger charge is 2.44. The average Bonchev–Trinajstić information content (AvgIpc) is 3.22. The van der Waals surface area contributed by atoms with Gasteiger partial charge in [0.2, 0.25) is 5.91 Å². The van der Waals surface area contributed by atoms with Crippen molar-refractivity contribution in [2.75, 3.05) is 13.7 Å². The van der Waals surface area contributed by atoms with E-state index in [1.54, 1.807) is 45.0 Å². The van der Waals surface area contributed by atoms with Crippen molar-refractivity contribution < 1.29 is 38.2 Å². The largest absolute Gasteiger partial charge is 0.467 e. The van der Waals surface area contributed by atoms with Crippen LogP contribution in [0.3, 0.4) is 0 Å². The van der Waals surface area contributed by atoms with Crippen molar-refractivity contribution in [3.05, 3.63) is 35.9 Å². The van der Waals surface area contributed by atoms with Crippen LogP contribution in [-0.2, 0) is 35.2 Å². The van der Waals surface area contributed by atoms with Crippen molar-refractivity contribution in [1.29, 1.82) is 0 Å². The van der Waals surface area contributed by atoms with Gasteiger partial charge < -0.3 is 34.5 Å². The van der Waals surface area contributed by atoms with Crippen molar-refractivity contribution in [1.82, 2.24) is 15.5 Å². The maximum absolute atomic E-state index is 13.5. The second kappa shape index (κ2) is 12.7. The number of esters is 1. The molecule has 0 spiro atoms. The van der Waals surface area contributed by atoms with E-state index in [1.807, 2.05) is 6.07 Å². The van der Waals surface area contributed by atoms with Crippen molar-refractivity contribution in [2.45, 2.75) is 70.4 Å². The topological polar surface area (TPSA) is 140 Å². The molecule has 3 atom stereocenters. The van der Waals surface area contributed by atoms with Crippen LogP contribution in [0, 0.1) is 0 Å². The Morgan fingerprint density at radius 3 is 2.40 bits per heavy atom. The zero-order valence-electron chi connectivity index (χ0n) is 20.4. The minimum absolute atomic E-state index is 0.0166. The fourth-order valence-corrected chi connectivity index (χ4v) is 3.72. The molecule has 0 aliphatic carbocycles. The van der Waals surface area contributed by atoms with Crippen molar-refractivity contribution in [3.63, 3.8) is 0 Å². The van der Waals surface area contributed by atoms with E-state index in [9.17, 15) is 24.0 Å². The van der Waals surface area contributed by atoms with Crippen molar-refractivity contribution >= 4 is 30.3 Å². The number of carbonyl (C=O) groups excluding carboxylic acids is 5. The van der Waals surface area contributed by atoms with E-state index in [2.05, 4.69) is 10.6 Å². The van der Waals surface area contributed by atoms with E-state index >= 15 is 0 Å². The van der Waals surface area contributed by atoms with Crippen molar-refractivity contribution in [3.8, 4) is 0 Å². The molecule has 1 saturated heterocycles. The Kier molecular flexibility index (Phi) is 10.0. The highest BCUT2D eigenvalue weighted by molar-refractivity contribution is 5.91. The minimum Gasteiger partial charge on any atom is -0.467 e. The average molecular weight is 492 g/mol. The Labute approximate surface area is 204 Å². The van der Waals surface area contributed by atoms with Gasteiger partial charge >= 0.3 is 18.2 Å². The normalized spacial score (nSPS) is 18.2. The summed E-state index contributed by atoms with van der Waals surface area (Å²) < 4.78 is 15.2. The van der Waals surface area contributed by atoms with Gasteiger partial charge in [-0.05, 0) is 39.2 Å². The molecule has 1 aliphatic rings. The van der Waals surface area contributed by atoms with Gasteiger partial charge in [0.05, 0.1) is 13.7 Å². The summed E-state index contributed by atoms with van der Waals surface area (Å²) >= 11 is 0. The number of rotatable bonds is 9. The summed E-state index contributed by atoms with van der Waals surface area (Å²) in [5, 5.41) is 4.92. The molecule has 11 heteroatoms. The van der Waals surface area contributed by atoms with Gasteiger partial charge in [-0.25, -0.2) is 14.4 Å². The van der Waals surface area contributed by atoms with E-state index in [0.717, 1.165) is 5.56 Å². The summed E-state index contributed by atoms with van der Waals surface area (Å²) in [6.45, 7) is 4.68. The summed E-state index contributed by atoms with van der Waals surface area (Å²) in [7, 11) is 1.21. The van der Waals surface area contributed by atoms with Crippen LogP contribution < -0.4 is 10.6 Å². The first-order valence-electron chi connectivity index (χ1n) is 11.3. The number of aldehydes is 1. The van der Waals surface area contributed by atoms with Gasteiger partial charge in [-0.15, -0.1) is 0 Å². The molecule has 2 rings (SSSR count). The van der Waals surface area contributed by atoms with Crippen LogP contribution in [0.15, 0.2) is 30.3 Å². The van der Waals surface area contributed by atoms with Gasteiger partial charge in [0.15, 0.2) is 0 Å². The molecule has 3 amide bonds. The molecule has 0 radical (unpaired) electrons. The van der Waals surface area contributed by atoms with Crippen LogP contribution in [-0.4, -0.2) is 72.6 Å². The lowest BCUT2D eigenvalue weighted by Gasteiger charge is -2.32. The number of ether oxygens (including phenoxy) is 3. The quantitative estimate of drug-likeness (QED) is 0.303. The van der Waals surface area contributed by atoms with E-state index in [-0.39, 0.29) is 19.6 Å². The van der Waals surface area contributed by atoms with Gasteiger partial charge in [-0.3, -0.25) is 4.79 Å². The zero-order valence-corrected chi connectivity index (χ0v) is 20.4. The van der Waals surface area contributed by atoms with Gasteiger partial charge in [-0.2, -0.15) is 0 Å². The van der Waals surface area contributed by atoms with Gasteiger partial charge in [0, 0.05) is 12.5 Å². The van der Waals surface area contributed by atoms with Crippen LogP contribution in [0.25, 0.3) is 0 Å². The summed E-state index contributed by atoms with van der Waals surface area (Å²) in [4.78, 5) is 62.9. The molecule has 1 fully saturated rings. The van der Waals surface area contributed by atoms with Gasteiger partial charge in [0.25, 0.3) is 0 Å². The fourth-order valence-electron chi connectivity index (χ4n) is 3.72. The first-order chi connectivity index (χ1) is 16.6. The molecular formula is C24H33N3O8. The Morgan fingerprint density at radius 2 is 1.80 bits per heavy atom. The van der Waals surface area contributed by atoms with E-state index in [1.165, 1.54) is 12.0 Å². The molecule has 0 aromatic heterocycles. The molecule has 11 nitrogen and oxygen atoms in total. The molecule has 0 saturated carbocycles. The van der Waals surface area contributed by atoms with Crippen LogP contribution in [0.2, 0.25) is 0 Å². The number of nitrogens with zero attached hydrogens (tertiary/aromatic N) is 1. The second-order valence-electron chi connectivity index (χ2n) is 9.06. The lowest BCUT2D eigenvalue weighted by molar-refractivity contribution is -0.153. The second-order valence-corrected chi connectivity index (χ2v) is 9.06. The van der Waals surface area contributed by atoms with E-state index in [4.69, 9.17) is 14.2 Å². The number of carbonyl (C=O) groups is 5. The van der Waals surface area contributed by atoms with E-state index in [0.29, 0.717) is 19.1 Å². The highest BCUT2D eigenvalue weighted by atomic mass is 16.6. The number of amides is 3. The molecule has 2 N–H and O–H groups in total. The number of hydrogen-bond acceptors (Lipinski definition) is 8. The summed E-state index contributed by atoms with van der Waals surface area (Å²) in [5.41, 5.74) is -0.0565. The molecule has 1 aliphatic heterocycles. The predicted octanol–water partition coefficient (Wildman–Crippen LogP) is 1.93. The fraction of sp³-hybridized carbons (Fsp3) is 0.542. The maximum atomic E-state index is 13.5. The Balaban J connectivity index is 2.15. The van der Waals surface area contributed by atoms with Crippen LogP contribution >= 0.6 is 0 Å². The molecule has 192 valence electrons. The van der Waals surface area contributed by atoms with Crippen LogP contribution in [0.1, 0.15) is 45.6 Å². The molecule has 0 bridgehead atoms. The minimum atomic E-state index is -1.28. The third-order valence-corrected chi connectivity index (χ3v) is 5.25. The molecule has 1 aromatic rings. The number of alkyl carbamates (subject to hydrolysis) is 2. The van der Waals surface area contributed by atoms with Crippen LogP contribution in [0.4, 0.5) is 9.59 Å². The number of likely N-dealkylation sites (tertiary alicyclic amines) is 1. The lowest BCUT2D eigenvalue weighted by atomic mass is 10.1. The lowest BCUT2D eigenvalue weighted by Crippen LogP contribution is -2.58. The first-order valence-corrected chi connectivity index (χ1v) is 11.3. The third kappa shape index (κ3) is 8.58. The molecule has 1 heterocycles. The molecular weight excluding hydrogens is 458 g/mol. The Hall–Kier alpha value is -3.63. The van der Waals surface area contributed by atoms with E-state index < -0.39 is 47.8 Å². The van der Waals surface area contributed by atoms with Gasteiger partial charge in [-0.1, -0.05) is 30.3 Å². The first kappa shape index (κ1) is 27.6. The molecule has 1 aromatic carbocycles. The zero-order chi connectivity index (χ0) is 26.0. The maximum Gasteiger partial charge on any atom is 0.408 e. The Morgan fingerprint density at radius 1 is 1.11 bits per heavy atom. The number of nitrogens with one attached hydrogen (secondary N) is 2. The Bertz CT molecular complexity index is 900. The van der Waals surface area contributed by atoms with Gasteiger partial charge in [0.1, 0.15) is 30.6 Å². The molecule has 0 unspecified atom stereocenters. The standard InChI is InChI=1S/C24H33N3O8/c1-24(2,3)35-23(32)26-18(14-25-22(31)34-15-16-8-6-5-7-9-16)20(29)27-17(12-13-28)10-11-19(27)21(30)33-4/h5-9,13,17-19H,10-12,14-15H2,1-4H3,(H,25,31)(H,26,32)/t17-,18-,19-/m0/s1.